The third-order valence-electron chi connectivity index (χ3n) is 2.56. The molecular weight excluding hydrogens is 344 g/mol. The molecule has 0 atom stereocenters. The average molecular weight is 353 g/mol. The van der Waals surface area contributed by atoms with Gasteiger partial charge in [0.15, 0.2) is 5.88 Å². The second kappa shape index (κ2) is 5.80. The van der Waals surface area contributed by atoms with Crippen molar-refractivity contribution in [3.8, 4) is 5.88 Å². The summed E-state index contributed by atoms with van der Waals surface area (Å²) >= 11 is 3.15. The number of amides is 1. The number of pyridine rings is 1. The van der Waals surface area contributed by atoms with Crippen molar-refractivity contribution in [2.75, 3.05) is 5.32 Å². The van der Waals surface area contributed by atoms with Gasteiger partial charge in [-0.15, -0.1) is 0 Å². The van der Waals surface area contributed by atoms with Crippen LogP contribution in [0.2, 0.25) is 0 Å². The largest absolute Gasteiger partial charge is 0.494 e. The molecule has 0 spiro atoms. The minimum atomic E-state index is -1.09. The summed E-state index contributed by atoms with van der Waals surface area (Å²) in [6, 6.07) is 6.23. The Morgan fingerprint density at radius 1 is 1.14 bits per heavy atom. The van der Waals surface area contributed by atoms with Gasteiger partial charge < -0.3 is 15.5 Å². The molecule has 2 aromatic rings. The fraction of sp³-hybridized carbons (Fsp3) is 0. The Labute approximate surface area is 126 Å². The monoisotopic (exact) mass is 352 g/mol. The highest BCUT2D eigenvalue weighted by molar-refractivity contribution is 9.10. The van der Waals surface area contributed by atoms with Gasteiger partial charge in [-0.05, 0) is 34.1 Å². The van der Waals surface area contributed by atoms with Gasteiger partial charge >= 0.3 is 5.97 Å². The number of hydrogen-bond acceptors (Lipinski definition) is 4. The standard InChI is InChI=1S/C13H9BrN2O5/c14-8-3-6(13(20)21)1-2-9(8)15-12(19)7-4-10(17)16-11(18)5-7/h1-5H,(H,15,19)(H,20,21)(H2,16,17,18). The van der Waals surface area contributed by atoms with Crippen LogP contribution in [0.25, 0.3) is 0 Å². The van der Waals surface area contributed by atoms with Crippen LogP contribution in [0.4, 0.5) is 5.69 Å². The van der Waals surface area contributed by atoms with E-state index in [2.05, 4.69) is 26.2 Å². The number of aromatic carboxylic acids is 1. The van der Waals surface area contributed by atoms with Crippen LogP contribution in [0.5, 0.6) is 5.88 Å². The molecule has 0 unspecified atom stereocenters. The van der Waals surface area contributed by atoms with Crippen LogP contribution in [-0.4, -0.2) is 27.1 Å². The molecule has 0 bridgehead atoms. The summed E-state index contributed by atoms with van der Waals surface area (Å²) in [4.78, 5) is 36.1. The maximum atomic E-state index is 12.0. The Morgan fingerprint density at radius 3 is 2.43 bits per heavy atom. The molecule has 0 aliphatic carbocycles. The van der Waals surface area contributed by atoms with E-state index in [-0.39, 0.29) is 11.1 Å². The van der Waals surface area contributed by atoms with Crippen molar-refractivity contribution in [2.24, 2.45) is 0 Å². The summed E-state index contributed by atoms with van der Waals surface area (Å²) in [6.45, 7) is 0. The second-order valence-electron chi connectivity index (χ2n) is 4.07. The first-order chi connectivity index (χ1) is 9.86. The van der Waals surface area contributed by atoms with E-state index < -0.39 is 23.3 Å². The normalized spacial score (nSPS) is 10.1. The zero-order valence-corrected chi connectivity index (χ0v) is 12.0. The summed E-state index contributed by atoms with van der Waals surface area (Å²) in [5.74, 6) is -2.12. The average Bonchev–Trinajstić information content (AvgIpc) is 2.39. The van der Waals surface area contributed by atoms with Crippen molar-refractivity contribution in [1.82, 2.24) is 4.98 Å². The van der Waals surface area contributed by atoms with E-state index in [0.717, 1.165) is 12.1 Å². The van der Waals surface area contributed by atoms with E-state index in [1.54, 1.807) is 0 Å². The topological polar surface area (TPSA) is 119 Å². The zero-order valence-electron chi connectivity index (χ0n) is 10.4. The van der Waals surface area contributed by atoms with E-state index in [0.29, 0.717) is 10.2 Å². The number of benzene rings is 1. The molecule has 0 fully saturated rings. The molecular formula is C13H9BrN2O5. The molecule has 7 nitrogen and oxygen atoms in total. The number of aromatic hydroxyl groups is 1. The molecule has 8 heteroatoms. The molecule has 0 aliphatic heterocycles. The molecule has 108 valence electrons. The van der Waals surface area contributed by atoms with Crippen LogP contribution < -0.4 is 10.9 Å². The highest BCUT2D eigenvalue weighted by atomic mass is 79.9. The lowest BCUT2D eigenvalue weighted by molar-refractivity contribution is 0.0696. The number of aromatic amines is 1. The number of aromatic nitrogens is 1. The Hall–Kier alpha value is -2.61. The molecule has 0 radical (unpaired) electrons. The number of halogens is 1. The number of nitrogens with one attached hydrogen (secondary N) is 2. The van der Waals surface area contributed by atoms with Gasteiger partial charge in [-0.1, -0.05) is 0 Å². The van der Waals surface area contributed by atoms with Crippen molar-refractivity contribution in [2.45, 2.75) is 0 Å². The number of carbonyl (C=O) groups is 2. The number of carboxylic acid groups (broad SMARTS) is 1. The number of anilines is 1. The third kappa shape index (κ3) is 3.48. The van der Waals surface area contributed by atoms with E-state index in [4.69, 9.17) is 5.11 Å². The Morgan fingerprint density at radius 2 is 1.86 bits per heavy atom. The first-order valence-corrected chi connectivity index (χ1v) is 6.43. The van der Waals surface area contributed by atoms with E-state index >= 15 is 0 Å². The smallest absolute Gasteiger partial charge is 0.335 e. The van der Waals surface area contributed by atoms with Crippen LogP contribution in [0.15, 0.2) is 39.6 Å². The zero-order chi connectivity index (χ0) is 15.6. The van der Waals surface area contributed by atoms with Gasteiger partial charge in [0.05, 0.1) is 16.8 Å². The number of H-pyrrole nitrogens is 1. The Bertz CT molecular complexity index is 784. The molecule has 1 aromatic carbocycles. The molecule has 21 heavy (non-hydrogen) atoms. The van der Waals surface area contributed by atoms with Crippen LogP contribution in [0.1, 0.15) is 20.7 Å². The molecule has 2 rings (SSSR count). The van der Waals surface area contributed by atoms with Crippen molar-refractivity contribution in [3.63, 3.8) is 0 Å². The van der Waals surface area contributed by atoms with Crippen molar-refractivity contribution in [1.29, 1.82) is 0 Å². The van der Waals surface area contributed by atoms with Gasteiger partial charge in [-0.2, -0.15) is 0 Å². The summed E-state index contributed by atoms with van der Waals surface area (Å²) in [7, 11) is 0. The Kier molecular flexibility index (Phi) is 4.08. The predicted octanol–water partition coefficient (Wildman–Crippen LogP) is 1.79. The van der Waals surface area contributed by atoms with Gasteiger partial charge in [0.25, 0.3) is 11.5 Å². The van der Waals surface area contributed by atoms with Crippen LogP contribution in [0, 0.1) is 0 Å². The van der Waals surface area contributed by atoms with E-state index in [9.17, 15) is 19.5 Å². The highest BCUT2D eigenvalue weighted by Crippen LogP contribution is 2.24. The highest BCUT2D eigenvalue weighted by Gasteiger charge is 2.12. The quantitative estimate of drug-likeness (QED) is 0.671. The lowest BCUT2D eigenvalue weighted by Crippen LogP contribution is -2.16. The van der Waals surface area contributed by atoms with Crippen molar-refractivity contribution >= 4 is 33.5 Å². The third-order valence-corrected chi connectivity index (χ3v) is 3.21. The van der Waals surface area contributed by atoms with Crippen LogP contribution in [0.3, 0.4) is 0 Å². The fourth-order valence-electron chi connectivity index (χ4n) is 1.60. The fourth-order valence-corrected chi connectivity index (χ4v) is 2.08. The molecule has 1 amide bonds. The number of hydrogen-bond donors (Lipinski definition) is 4. The predicted molar refractivity (Wildman–Crippen MR) is 77.8 cm³/mol. The molecule has 1 heterocycles. The van der Waals surface area contributed by atoms with Crippen molar-refractivity contribution < 1.29 is 19.8 Å². The molecule has 0 saturated carbocycles. The van der Waals surface area contributed by atoms with Gasteiger partial charge in [-0.25, -0.2) is 4.79 Å². The lowest BCUT2D eigenvalue weighted by Gasteiger charge is -2.08. The number of rotatable bonds is 3. The Balaban J connectivity index is 2.27. The molecule has 0 saturated heterocycles. The maximum absolute atomic E-state index is 12.0. The van der Waals surface area contributed by atoms with Crippen molar-refractivity contribution in [3.05, 3.63) is 56.3 Å². The summed E-state index contributed by atoms with van der Waals surface area (Å²) in [5.41, 5.74) is -0.232. The van der Waals surface area contributed by atoms with Crippen LogP contribution >= 0.6 is 15.9 Å². The number of carbonyl (C=O) groups excluding carboxylic acids is 1. The summed E-state index contributed by atoms with van der Waals surface area (Å²) in [5, 5.41) is 20.6. The molecule has 1 aromatic heterocycles. The van der Waals surface area contributed by atoms with Gasteiger partial charge in [0.1, 0.15) is 0 Å². The SMILES string of the molecule is O=C(O)c1ccc(NC(=O)c2cc(O)[nH]c(=O)c2)c(Br)c1. The van der Waals surface area contributed by atoms with E-state index in [1.807, 2.05) is 0 Å². The molecule has 4 N–H and O–H groups in total. The first kappa shape index (κ1) is 14.8. The lowest BCUT2D eigenvalue weighted by atomic mass is 10.2. The van der Waals surface area contributed by atoms with Gasteiger partial charge in [0.2, 0.25) is 0 Å². The number of carboxylic acids is 1. The van der Waals surface area contributed by atoms with Gasteiger partial charge in [0, 0.05) is 16.6 Å². The minimum Gasteiger partial charge on any atom is -0.494 e. The maximum Gasteiger partial charge on any atom is 0.335 e. The second-order valence-corrected chi connectivity index (χ2v) is 4.93. The van der Waals surface area contributed by atoms with Crippen LogP contribution in [-0.2, 0) is 0 Å². The minimum absolute atomic E-state index is 0.0227. The first-order valence-electron chi connectivity index (χ1n) is 5.64. The summed E-state index contributed by atoms with van der Waals surface area (Å²) in [6.07, 6.45) is 0. The molecule has 0 aliphatic rings. The van der Waals surface area contributed by atoms with E-state index in [1.165, 1.54) is 18.2 Å². The van der Waals surface area contributed by atoms with Gasteiger partial charge in [-0.3, -0.25) is 14.6 Å². The summed E-state index contributed by atoms with van der Waals surface area (Å²) < 4.78 is 0.379.